The quantitative estimate of drug-likeness (QED) is 0.351. The number of carbonyl (C=O) groups excluding carboxylic acids is 1. The fourth-order valence-electron chi connectivity index (χ4n) is 1.58. The normalized spacial score (nSPS) is 10.5. The number of hydrazine groups is 1. The second kappa shape index (κ2) is 5.53. The number of nitrogens with zero attached hydrogens (tertiary/aromatic N) is 2. The van der Waals surface area contributed by atoms with Crippen molar-refractivity contribution in [3.63, 3.8) is 0 Å². The van der Waals surface area contributed by atoms with Crippen LogP contribution in [0.1, 0.15) is 21.9 Å². The van der Waals surface area contributed by atoms with E-state index in [1.807, 2.05) is 28.0 Å². The van der Waals surface area contributed by atoms with Crippen molar-refractivity contribution >= 4 is 28.5 Å². The van der Waals surface area contributed by atoms with Gasteiger partial charge in [-0.15, -0.1) is 0 Å². The molecule has 0 aliphatic carbocycles. The smallest absolute Gasteiger partial charge is 0.300 e. The molecule has 2 aromatic heterocycles. The lowest BCUT2D eigenvalue weighted by atomic mass is 10.2. The van der Waals surface area contributed by atoms with Crippen molar-refractivity contribution in [1.82, 2.24) is 15.0 Å². The Bertz CT molecular complexity index is 677. The van der Waals surface area contributed by atoms with Crippen LogP contribution in [-0.4, -0.2) is 15.5 Å². The summed E-state index contributed by atoms with van der Waals surface area (Å²) in [4.78, 5) is 27.2. The number of furan rings is 1. The molecule has 0 fully saturated rings. The molecule has 0 atom stereocenters. The lowest BCUT2D eigenvalue weighted by molar-refractivity contribution is 0.0924. The van der Waals surface area contributed by atoms with E-state index in [0.717, 1.165) is 5.56 Å². The molecule has 0 aromatic carbocycles. The third-order valence-corrected chi connectivity index (χ3v) is 3.32. The molecule has 1 amide bonds. The van der Waals surface area contributed by atoms with Crippen LogP contribution in [0.4, 0.5) is 0 Å². The molecule has 8 heteroatoms. The number of aryl methyl sites for hydroxylation is 1. The summed E-state index contributed by atoms with van der Waals surface area (Å²) in [5, 5.41) is 0. The molecule has 0 radical (unpaired) electrons. The number of nitrogens with one attached hydrogen (secondary N) is 1. The number of hydrogen-bond acceptors (Lipinski definition) is 5. The zero-order valence-electron chi connectivity index (χ0n) is 10.0. The zero-order valence-corrected chi connectivity index (χ0v) is 12.2. The summed E-state index contributed by atoms with van der Waals surface area (Å²) in [6, 6.07) is 1.56. The molecule has 0 unspecified atom stereocenters. The number of rotatable bonds is 3. The van der Waals surface area contributed by atoms with E-state index < -0.39 is 5.91 Å². The summed E-state index contributed by atoms with van der Waals surface area (Å²) < 4.78 is 7.26. The number of nitrogens with two attached hydrogens (primary N) is 1. The van der Waals surface area contributed by atoms with E-state index in [9.17, 15) is 9.59 Å². The third-order valence-electron chi connectivity index (χ3n) is 2.58. The van der Waals surface area contributed by atoms with Crippen LogP contribution in [0.25, 0.3) is 0 Å². The van der Waals surface area contributed by atoms with Crippen molar-refractivity contribution in [2.45, 2.75) is 13.5 Å². The van der Waals surface area contributed by atoms with Gasteiger partial charge in [0.05, 0.1) is 16.4 Å². The highest BCUT2D eigenvalue weighted by molar-refractivity contribution is 14.1. The standard InChI is InChI=1S/C11H11IN4O3/c1-6-7(2-9(19-6)10(17)15-13)4-16-5-14-3-8(12)11(16)18/h2-3,5H,4,13H2,1H3,(H,15,17). The van der Waals surface area contributed by atoms with Crippen LogP contribution in [0.15, 0.2) is 27.8 Å². The zero-order chi connectivity index (χ0) is 14.0. The fraction of sp³-hybridized carbons (Fsp3) is 0.182. The highest BCUT2D eigenvalue weighted by Crippen LogP contribution is 2.15. The summed E-state index contributed by atoms with van der Waals surface area (Å²) in [5.74, 6) is 5.19. The lowest BCUT2D eigenvalue weighted by Gasteiger charge is -2.03. The number of halogens is 1. The van der Waals surface area contributed by atoms with Gasteiger partial charge in [0.15, 0.2) is 5.76 Å². The summed E-state index contributed by atoms with van der Waals surface area (Å²) in [7, 11) is 0. The van der Waals surface area contributed by atoms with Crippen LogP contribution >= 0.6 is 22.6 Å². The van der Waals surface area contributed by atoms with Gasteiger partial charge in [-0.25, -0.2) is 10.8 Å². The third kappa shape index (κ3) is 2.84. The maximum atomic E-state index is 11.9. The van der Waals surface area contributed by atoms with E-state index in [2.05, 4.69) is 4.98 Å². The van der Waals surface area contributed by atoms with E-state index in [-0.39, 0.29) is 17.9 Å². The van der Waals surface area contributed by atoms with Crippen LogP contribution in [0, 0.1) is 10.5 Å². The molecule has 0 aliphatic rings. The Balaban J connectivity index is 2.34. The van der Waals surface area contributed by atoms with E-state index in [0.29, 0.717) is 9.33 Å². The van der Waals surface area contributed by atoms with Crippen LogP contribution in [0.5, 0.6) is 0 Å². The SMILES string of the molecule is Cc1oc(C(=O)NN)cc1Cn1cncc(I)c1=O. The lowest BCUT2D eigenvalue weighted by Crippen LogP contribution is -2.29. The van der Waals surface area contributed by atoms with Gasteiger partial charge in [-0.2, -0.15) is 0 Å². The molecule has 2 rings (SSSR count). The fourth-order valence-corrected chi connectivity index (χ4v) is 2.05. The molecular formula is C11H11IN4O3. The Morgan fingerprint density at radius 2 is 2.37 bits per heavy atom. The largest absolute Gasteiger partial charge is 0.456 e. The average Bonchev–Trinajstić information content (AvgIpc) is 2.75. The molecule has 3 N–H and O–H groups in total. The molecule has 0 saturated heterocycles. The number of hydrogen-bond donors (Lipinski definition) is 2. The summed E-state index contributed by atoms with van der Waals surface area (Å²) in [5.41, 5.74) is 2.58. The van der Waals surface area contributed by atoms with Crippen molar-refractivity contribution in [3.8, 4) is 0 Å². The maximum Gasteiger partial charge on any atom is 0.300 e. The molecule has 0 spiro atoms. The molecule has 2 heterocycles. The highest BCUT2D eigenvalue weighted by Gasteiger charge is 2.14. The van der Waals surface area contributed by atoms with E-state index in [1.54, 1.807) is 13.0 Å². The minimum Gasteiger partial charge on any atom is -0.456 e. The Kier molecular flexibility index (Phi) is 4.00. The number of aromatic nitrogens is 2. The predicted octanol–water partition coefficient (Wildman–Crippen LogP) is 0.401. The number of amides is 1. The van der Waals surface area contributed by atoms with Crippen LogP contribution < -0.4 is 16.8 Å². The van der Waals surface area contributed by atoms with Gasteiger partial charge in [0, 0.05) is 11.8 Å². The molecule has 0 saturated carbocycles. The Hall–Kier alpha value is -1.68. The minimum atomic E-state index is -0.512. The monoisotopic (exact) mass is 374 g/mol. The molecule has 0 bridgehead atoms. The molecule has 7 nitrogen and oxygen atoms in total. The van der Waals surface area contributed by atoms with Crippen LogP contribution in [0.2, 0.25) is 0 Å². The van der Waals surface area contributed by atoms with Gasteiger partial charge in [-0.05, 0) is 35.6 Å². The van der Waals surface area contributed by atoms with Gasteiger partial charge < -0.3 is 4.42 Å². The molecule has 0 aliphatic heterocycles. The Morgan fingerprint density at radius 1 is 1.63 bits per heavy atom. The second-order valence-corrected chi connectivity index (χ2v) is 5.00. The molecule has 100 valence electrons. The minimum absolute atomic E-state index is 0.113. The van der Waals surface area contributed by atoms with E-state index in [4.69, 9.17) is 10.3 Å². The second-order valence-electron chi connectivity index (χ2n) is 3.84. The summed E-state index contributed by atoms with van der Waals surface area (Å²) >= 11 is 1.92. The van der Waals surface area contributed by atoms with Gasteiger partial charge in [-0.1, -0.05) is 0 Å². The Labute approximate surface area is 121 Å². The molecular weight excluding hydrogens is 363 g/mol. The van der Waals surface area contributed by atoms with Gasteiger partial charge in [0.1, 0.15) is 5.76 Å². The van der Waals surface area contributed by atoms with Gasteiger partial charge in [0.2, 0.25) is 0 Å². The Morgan fingerprint density at radius 3 is 3.05 bits per heavy atom. The van der Waals surface area contributed by atoms with Crippen molar-refractivity contribution in [1.29, 1.82) is 0 Å². The number of carbonyl (C=O) groups is 1. The van der Waals surface area contributed by atoms with Crippen molar-refractivity contribution < 1.29 is 9.21 Å². The van der Waals surface area contributed by atoms with Gasteiger partial charge >= 0.3 is 5.91 Å². The van der Waals surface area contributed by atoms with Crippen LogP contribution in [0.3, 0.4) is 0 Å². The van der Waals surface area contributed by atoms with Crippen molar-refractivity contribution in [3.05, 3.63) is 49.6 Å². The first-order valence-electron chi connectivity index (χ1n) is 5.33. The first-order chi connectivity index (χ1) is 9.02. The van der Waals surface area contributed by atoms with E-state index in [1.165, 1.54) is 17.1 Å². The first-order valence-corrected chi connectivity index (χ1v) is 6.41. The summed E-state index contributed by atoms with van der Waals surface area (Å²) in [6.45, 7) is 2.00. The van der Waals surface area contributed by atoms with Crippen LogP contribution in [-0.2, 0) is 6.54 Å². The van der Waals surface area contributed by atoms with Gasteiger partial charge in [0.25, 0.3) is 5.56 Å². The van der Waals surface area contributed by atoms with E-state index >= 15 is 0 Å². The topological polar surface area (TPSA) is 103 Å². The van der Waals surface area contributed by atoms with Crippen molar-refractivity contribution in [2.75, 3.05) is 0 Å². The average molecular weight is 374 g/mol. The van der Waals surface area contributed by atoms with Crippen molar-refractivity contribution in [2.24, 2.45) is 5.84 Å². The van der Waals surface area contributed by atoms with Gasteiger partial charge in [-0.3, -0.25) is 19.6 Å². The first kappa shape index (κ1) is 13.7. The number of nitrogen functional groups attached to an aromatic ring is 1. The summed E-state index contributed by atoms with van der Waals surface area (Å²) in [6.07, 6.45) is 2.94. The highest BCUT2D eigenvalue weighted by atomic mass is 127. The maximum absolute atomic E-state index is 11.9. The molecule has 19 heavy (non-hydrogen) atoms. The molecule has 2 aromatic rings. The predicted molar refractivity (Wildman–Crippen MR) is 75.4 cm³/mol.